The summed E-state index contributed by atoms with van der Waals surface area (Å²) in [5.41, 5.74) is 1.75. The molecule has 1 aliphatic rings. The van der Waals surface area contributed by atoms with Crippen LogP contribution in [0.3, 0.4) is 0 Å². The average Bonchev–Trinajstić information content (AvgIpc) is 2.81. The zero-order valence-electron chi connectivity index (χ0n) is 18.9. The van der Waals surface area contributed by atoms with E-state index in [-0.39, 0.29) is 11.9 Å². The lowest BCUT2D eigenvalue weighted by molar-refractivity contribution is 0.0924. The number of piperidine rings is 1. The molecule has 3 rings (SSSR count). The monoisotopic (exact) mass is 426 g/mol. The van der Waals surface area contributed by atoms with Gasteiger partial charge in [0.25, 0.3) is 5.91 Å². The van der Waals surface area contributed by atoms with Gasteiger partial charge in [-0.25, -0.2) is 0 Å². The van der Waals surface area contributed by atoms with E-state index < -0.39 is 0 Å². The molecule has 31 heavy (non-hydrogen) atoms. The van der Waals surface area contributed by atoms with Gasteiger partial charge in [-0.15, -0.1) is 0 Å². The van der Waals surface area contributed by atoms with Crippen LogP contribution in [0.15, 0.2) is 42.5 Å². The first-order chi connectivity index (χ1) is 15.2. The first kappa shape index (κ1) is 22.9. The van der Waals surface area contributed by atoms with Gasteiger partial charge in [-0.1, -0.05) is 18.6 Å². The summed E-state index contributed by atoms with van der Waals surface area (Å²) < 4.78 is 16.6. The Kier molecular flexibility index (Phi) is 8.59. The molecule has 1 aliphatic heterocycles. The molecule has 6 heteroatoms. The highest BCUT2D eigenvalue weighted by atomic mass is 16.5. The Balaban J connectivity index is 1.74. The van der Waals surface area contributed by atoms with Gasteiger partial charge in [0.2, 0.25) is 0 Å². The van der Waals surface area contributed by atoms with Crippen LogP contribution in [0.2, 0.25) is 0 Å². The van der Waals surface area contributed by atoms with E-state index in [1.807, 2.05) is 26.0 Å². The lowest BCUT2D eigenvalue weighted by atomic mass is 10.0. The second-order valence-electron chi connectivity index (χ2n) is 7.62. The minimum atomic E-state index is -0.112. The number of carbonyl (C=O) groups is 1. The first-order valence-electron chi connectivity index (χ1n) is 11.2. The normalized spacial score (nSPS) is 15.2. The predicted octanol–water partition coefficient (Wildman–Crippen LogP) is 4.45. The first-order valence-corrected chi connectivity index (χ1v) is 11.2. The van der Waals surface area contributed by atoms with Crippen molar-refractivity contribution < 1.29 is 19.0 Å². The maximum atomic E-state index is 12.9. The van der Waals surface area contributed by atoms with Crippen LogP contribution in [0, 0.1) is 0 Å². The fourth-order valence-corrected chi connectivity index (χ4v) is 4.00. The molecular formula is C25H34N2O4. The predicted molar refractivity (Wildman–Crippen MR) is 122 cm³/mol. The van der Waals surface area contributed by atoms with E-state index in [1.54, 1.807) is 25.3 Å². The van der Waals surface area contributed by atoms with Gasteiger partial charge >= 0.3 is 0 Å². The molecule has 0 saturated carbocycles. The van der Waals surface area contributed by atoms with Crippen LogP contribution in [0.1, 0.15) is 55.1 Å². The molecular weight excluding hydrogens is 392 g/mol. The largest absolute Gasteiger partial charge is 0.497 e. The van der Waals surface area contributed by atoms with Crippen molar-refractivity contribution in [2.45, 2.75) is 39.2 Å². The zero-order chi connectivity index (χ0) is 22.1. The molecule has 0 spiro atoms. The number of hydrogen-bond donors (Lipinski definition) is 1. The van der Waals surface area contributed by atoms with Crippen molar-refractivity contribution in [3.63, 3.8) is 0 Å². The van der Waals surface area contributed by atoms with E-state index in [4.69, 9.17) is 14.2 Å². The van der Waals surface area contributed by atoms with Gasteiger partial charge in [-0.2, -0.15) is 0 Å². The number of benzene rings is 2. The van der Waals surface area contributed by atoms with Gasteiger partial charge in [0.1, 0.15) is 5.75 Å². The number of methoxy groups -OCH3 is 1. The molecule has 1 heterocycles. The highest BCUT2D eigenvalue weighted by Crippen LogP contribution is 2.29. The Labute approximate surface area is 185 Å². The molecule has 1 fully saturated rings. The summed E-state index contributed by atoms with van der Waals surface area (Å²) in [6.45, 7) is 7.54. The Bertz CT molecular complexity index is 832. The smallest absolute Gasteiger partial charge is 0.251 e. The summed E-state index contributed by atoms with van der Waals surface area (Å²) in [5.74, 6) is 1.98. The fourth-order valence-electron chi connectivity index (χ4n) is 4.00. The molecule has 0 radical (unpaired) electrons. The topological polar surface area (TPSA) is 60.0 Å². The van der Waals surface area contributed by atoms with Crippen LogP contribution in [0.25, 0.3) is 0 Å². The van der Waals surface area contributed by atoms with Crippen LogP contribution in [0.5, 0.6) is 17.2 Å². The summed E-state index contributed by atoms with van der Waals surface area (Å²) >= 11 is 0. The fraction of sp³-hybridized carbons (Fsp3) is 0.480. The number of hydrogen-bond acceptors (Lipinski definition) is 5. The third-order valence-corrected chi connectivity index (χ3v) is 5.59. The van der Waals surface area contributed by atoms with Gasteiger partial charge in [0.15, 0.2) is 11.5 Å². The second-order valence-corrected chi connectivity index (χ2v) is 7.62. The average molecular weight is 427 g/mol. The van der Waals surface area contributed by atoms with E-state index in [2.05, 4.69) is 22.3 Å². The number of likely N-dealkylation sites (tertiary alicyclic amines) is 1. The molecule has 0 aliphatic carbocycles. The van der Waals surface area contributed by atoms with Gasteiger partial charge in [0, 0.05) is 12.1 Å². The SMILES string of the molecule is CCOc1ccc(C(=O)NCC(c2ccc(OC)cc2)N2CCCCC2)cc1OCC. The second kappa shape index (κ2) is 11.6. The number of nitrogens with zero attached hydrogens (tertiary/aromatic N) is 1. The summed E-state index contributed by atoms with van der Waals surface area (Å²) in [4.78, 5) is 15.4. The molecule has 2 aromatic rings. The van der Waals surface area contributed by atoms with Crippen molar-refractivity contribution in [1.29, 1.82) is 0 Å². The summed E-state index contributed by atoms with van der Waals surface area (Å²) in [7, 11) is 1.67. The van der Waals surface area contributed by atoms with Crippen molar-refractivity contribution in [3.05, 3.63) is 53.6 Å². The van der Waals surface area contributed by atoms with Crippen molar-refractivity contribution in [2.24, 2.45) is 0 Å². The van der Waals surface area contributed by atoms with Gasteiger partial charge in [-0.3, -0.25) is 9.69 Å². The van der Waals surface area contributed by atoms with E-state index in [9.17, 15) is 4.79 Å². The minimum absolute atomic E-state index is 0.112. The Morgan fingerprint density at radius 2 is 1.65 bits per heavy atom. The number of ether oxygens (including phenoxy) is 3. The van der Waals surface area contributed by atoms with E-state index >= 15 is 0 Å². The maximum absolute atomic E-state index is 12.9. The lowest BCUT2D eigenvalue weighted by Gasteiger charge is -2.35. The Hall–Kier alpha value is -2.73. The minimum Gasteiger partial charge on any atom is -0.497 e. The number of amides is 1. The quantitative estimate of drug-likeness (QED) is 0.608. The van der Waals surface area contributed by atoms with Gasteiger partial charge < -0.3 is 19.5 Å². The standard InChI is InChI=1S/C25H34N2O4/c1-4-30-23-14-11-20(17-24(23)31-5-2)25(28)26-18-22(27-15-7-6-8-16-27)19-9-12-21(29-3)13-10-19/h9-14,17,22H,4-8,15-16,18H2,1-3H3,(H,26,28). The van der Waals surface area contributed by atoms with Crippen molar-refractivity contribution in [1.82, 2.24) is 10.2 Å². The zero-order valence-corrected chi connectivity index (χ0v) is 18.9. The van der Waals surface area contributed by atoms with Gasteiger partial charge in [-0.05, 0) is 75.7 Å². The lowest BCUT2D eigenvalue weighted by Crippen LogP contribution is -2.40. The highest BCUT2D eigenvalue weighted by molar-refractivity contribution is 5.94. The summed E-state index contributed by atoms with van der Waals surface area (Å²) in [6, 6.07) is 13.6. The molecule has 2 aromatic carbocycles. The molecule has 1 amide bonds. The molecule has 1 saturated heterocycles. The van der Waals surface area contributed by atoms with Gasteiger partial charge in [0.05, 0.1) is 26.4 Å². The maximum Gasteiger partial charge on any atom is 0.251 e. The van der Waals surface area contributed by atoms with Crippen LogP contribution in [-0.2, 0) is 0 Å². The van der Waals surface area contributed by atoms with Crippen LogP contribution in [-0.4, -0.2) is 50.8 Å². The van der Waals surface area contributed by atoms with Crippen LogP contribution in [0.4, 0.5) is 0 Å². The molecule has 6 nitrogen and oxygen atoms in total. The van der Waals surface area contributed by atoms with Crippen LogP contribution >= 0.6 is 0 Å². The number of carbonyl (C=O) groups excluding carboxylic acids is 1. The van der Waals surface area contributed by atoms with Crippen molar-refractivity contribution >= 4 is 5.91 Å². The van der Waals surface area contributed by atoms with Crippen molar-refractivity contribution in [3.8, 4) is 17.2 Å². The number of nitrogens with one attached hydrogen (secondary N) is 1. The molecule has 0 aromatic heterocycles. The third kappa shape index (κ3) is 6.14. The summed E-state index contributed by atoms with van der Waals surface area (Å²) in [5, 5.41) is 3.14. The highest BCUT2D eigenvalue weighted by Gasteiger charge is 2.23. The van der Waals surface area contributed by atoms with E-state index in [0.29, 0.717) is 36.8 Å². The molecule has 0 bridgehead atoms. The van der Waals surface area contributed by atoms with Crippen LogP contribution < -0.4 is 19.5 Å². The Morgan fingerprint density at radius 3 is 2.29 bits per heavy atom. The third-order valence-electron chi connectivity index (χ3n) is 5.59. The Morgan fingerprint density at radius 1 is 0.968 bits per heavy atom. The van der Waals surface area contributed by atoms with E-state index in [0.717, 1.165) is 18.8 Å². The molecule has 168 valence electrons. The van der Waals surface area contributed by atoms with Crippen molar-refractivity contribution in [2.75, 3.05) is 40.0 Å². The van der Waals surface area contributed by atoms with E-state index in [1.165, 1.54) is 24.8 Å². The molecule has 1 unspecified atom stereocenters. The molecule has 1 atom stereocenters. The summed E-state index contributed by atoms with van der Waals surface area (Å²) in [6.07, 6.45) is 3.65. The number of rotatable bonds is 10. The molecule has 1 N–H and O–H groups in total.